The molecule has 0 N–H and O–H groups in total. The molecule has 0 amide bonds. The Morgan fingerprint density at radius 1 is 0.682 bits per heavy atom. The summed E-state index contributed by atoms with van der Waals surface area (Å²) in [5, 5.41) is 0. The molecule has 0 spiro atoms. The highest BCUT2D eigenvalue weighted by Gasteiger charge is 2.12. The standard InChI is InChI=1S/C18H24N4/c1-3-21-11-15-7-5-9-17(19-15)13-22(4-2)14-18-10-6-8-16(12-21)20-18/h5-10H,3-4,11-14H2,1-2H3. The third-order valence-electron chi connectivity index (χ3n) is 4.17. The molecule has 3 rings (SSSR count). The van der Waals surface area contributed by atoms with E-state index in [1.54, 1.807) is 0 Å². The number of nitrogens with zero attached hydrogens (tertiary/aromatic N) is 4. The van der Waals surface area contributed by atoms with Crippen molar-refractivity contribution in [2.45, 2.75) is 40.0 Å². The molecule has 4 bridgehead atoms. The van der Waals surface area contributed by atoms with E-state index in [-0.39, 0.29) is 0 Å². The van der Waals surface area contributed by atoms with Crippen molar-refractivity contribution in [2.75, 3.05) is 13.1 Å². The highest BCUT2D eigenvalue weighted by molar-refractivity contribution is 5.14. The van der Waals surface area contributed by atoms with Gasteiger partial charge in [0.05, 0.1) is 22.8 Å². The highest BCUT2D eigenvalue weighted by atomic mass is 15.2. The number of pyridine rings is 2. The van der Waals surface area contributed by atoms with Crippen LogP contribution < -0.4 is 0 Å². The Morgan fingerprint density at radius 3 is 1.27 bits per heavy atom. The van der Waals surface area contributed by atoms with Gasteiger partial charge in [0, 0.05) is 26.2 Å². The van der Waals surface area contributed by atoms with Crippen LogP contribution in [0.15, 0.2) is 36.4 Å². The number of rotatable bonds is 2. The number of hydrogen-bond donors (Lipinski definition) is 0. The first-order valence-electron chi connectivity index (χ1n) is 8.11. The van der Waals surface area contributed by atoms with Crippen molar-refractivity contribution in [3.63, 3.8) is 0 Å². The van der Waals surface area contributed by atoms with Crippen molar-refractivity contribution in [3.05, 3.63) is 59.2 Å². The molecule has 0 aromatic carbocycles. The van der Waals surface area contributed by atoms with Crippen LogP contribution in [-0.4, -0.2) is 32.9 Å². The lowest BCUT2D eigenvalue weighted by Gasteiger charge is -2.24. The Kier molecular flexibility index (Phi) is 4.80. The summed E-state index contributed by atoms with van der Waals surface area (Å²) < 4.78 is 0. The summed E-state index contributed by atoms with van der Waals surface area (Å²) in [5.41, 5.74) is 4.58. The van der Waals surface area contributed by atoms with Crippen LogP contribution in [0.1, 0.15) is 36.6 Å². The van der Waals surface area contributed by atoms with E-state index in [0.717, 1.165) is 62.0 Å². The average Bonchev–Trinajstić information content (AvgIpc) is 2.53. The van der Waals surface area contributed by atoms with Gasteiger partial charge in [0.25, 0.3) is 0 Å². The fraction of sp³-hybridized carbons (Fsp3) is 0.444. The normalized spacial score (nSPS) is 16.8. The topological polar surface area (TPSA) is 32.3 Å². The van der Waals surface area contributed by atoms with Gasteiger partial charge in [0.15, 0.2) is 0 Å². The third kappa shape index (κ3) is 3.70. The van der Waals surface area contributed by atoms with Gasteiger partial charge in [-0.1, -0.05) is 26.0 Å². The number of hydrogen-bond acceptors (Lipinski definition) is 4. The minimum Gasteiger partial charge on any atom is -0.292 e. The molecule has 116 valence electrons. The van der Waals surface area contributed by atoms with E-state index >= 15 is 0 Å². The highest BCUT2D eigenvalue weighted by Crippen LogP contribution is 2.13. The maximum absolute atomic E-state index is 4.84. The number of fused-ring (bicyclic) bond motifs is 4. The Hall–Kier alpha value is -1.78. The average molecular weight is 296 g/mol. The van der Waals surface area contributed by atoms with E-state index in [1.807, 2.05) is 0 Å². The van der Waals surface area contributed by atoms with E-state index in [0.29, 0.717) is 0 Å². The van der Waals surface area contributed by atoms with E-state index < -0.39 is 0 Å². The molecule has 0 atom stereocenters. The van der Waals surface area contributed by atoms with Crippen molar-refractivity contribution in [1.82, 2.24) is 19.8 Å². The van der Waals surface area contributed by atoms with Gasteiger partial charge in [-0.05, 0) is 37.4 Å². The van der Waals surface area contributed by atoms with Crippen LogP contribution in [0.4, 0.5) is 0 Å². The summed E-state index contributed by atoms with van der Waals surface area (Å²) in [7, 11) is 0. The summed E-state index contributed by atoms with van der Waals surface area (Å²) in [6.07, 6.45) is 0. The molecule has 1 aliphatic heterocycles. The van der Waals surface area contributed by atoms with Gasteiger partial charge < -0.3 is 0 Å². The maximum Gasteiger partial charge on any atom is 0.0548 e. The van der Waals surface area contributed by atoms with Crippen LogP contribution >= 0.6 is 0 Å². The van der Waals surface area contributed by atoms with Crippen LogP contribution in [0.3, 0.4) is 0 Å². The van der Waals surface area contributed by atoms with Gasteiger partial charge in [0.2, 0.25) is 0 Å². The minimum atomic E-state index is 0.877. The molecule has 1 aliphatic rings. The lowest BCUT2D eigenvalue weighted by atomic mass is 10.2. The fourth-order valence-corrected chi connectivity index (χ4v) is 2.89. The molecule has 4 heteroatoms. The Morgan fingerprint density at radius 2 is 1.00 bits per heavy atom. The fourth-order valence-electron chi connectivity index (χ4n) is 2.89. The van der Waals surface area contributed by atoms with Gasteiger partial charge in [-0.3, -0.25) is 19.8 Å². The number of aromatic nitrogens is 2. The summed E-state index contributed by atoms with van der Waals surface area (Å²) in [6.45, 7) is 9.89. The summed E-state index contributed by atoms with van der Waals surface area (Å²) in [6, 6.07) is 12.7. The van der Waals surface area contributed by atoms with Gasteiger partial charge in [-0.15, -0.1) is 0 Å². The molecule has 0 fully saturated rings. The van der Waals surface area contributed by atoms with Crippen LogP contribution in [0, 0.1) is 0 Å². The molecule has 2 aromatic rings. The van der Waals surface area contributed by atoms with Gasteiger partial charge >= 0.3 is 0 Å². The van der Waals surface area contributed by atoms with Gasteiger partial charge in [-0.25, -0.2) is 0 Å². The lowest BCUT2D eigenvalue weighted by molar-refractivity contribution is 0.250. The van der Waals surface area contributed by atoms with Crippen molar-refractivity contribution in [1.29, 1.82) is 0 Å². The van der Waals surface area contributed by atoms with Crippen LogP contribution in [0.25, 0.3) is 0 Å². The SMILES string of the molecule is CCN1Cc2cccc(n2)CN(CC)Cc2cccc(n2)C1. The zero-order valence-corrected chi connectivity index (χ0v) is 13.5. The first-order valence-corrected chi connectivity index (χ1v) is 8.11. The molecule has 0 radical (unpaired) electrons. The van der Waals surface area contributed by atoms with E-state index in [9.17, 15) is 0 Å². The van der Waals surface area contributed by atoms with E-state index in [2.05, 4.69) is 60.0 Å². The monoisotopic (exact) mass is 296 g/mol. The predicted molar refractivity (Wildman–Crippen MR) is 88.1 cm³/mol. The van der Waals surface area contributed by atoms with Gasteiger partial charge in [0.1, 0.15) is 0 Å². The third-order valence-corrected chi connectivity index (χ3v) is 4.17. The largest absolute Gasteiger partial charge is 0.292 e. The summed E-state index contributed by atoms with van der Waals surface area (Å²) >= 11 is 0. The van der Waals surface area contributed by atoms with E-state index in [4.69, 9.17) is 9.97 Å². The van der Waals surface area contributed by atoms with Crippen LogP contribution in [-0.2, 0) is 26.2 Å². The lowest BCUT2D eigenvalue weighted by Crippen LogP contribution is -2.27. The Labute approximate surface area is 132 Å². The molecule has 4 nitrogen and oxygen atoms in total. The molecule has 2 aromatic heterocycles. The molecule has 3 heterocycles. The summed E-state index contributed by atoms with van der Waals surface area (Å²) in [5.74, 6) is 0. The smallest absolute Gasteiger partial charge is 0.0548 e. The molecular formula is C18H24N4. The second-order valence-corrected chi connectivity index (χ2v) is 5.85. The van der Waals surface area contributed by atoms with Crippen molar-refractivity contribution >= 4 is 0 Å². The van der Waals surface area contributed by atoms with E-state index in [1.165, 1.54) is 0 Å². The van der Waals surface area contributed by atoms with Crippen molar-refractivity contribution < 1.29 is 0 Å². The van der Waals surface area contributed by atoms with Gasteiger partial charge in [-0.2, -0.15) is 0 Å². The Bertz CT molecular complexity index is 528. The van der Waals surface area contributed by atoms with Crippen LogP contribution in [0.5, 0.6) is 0 Å². The molecule has 0 unspecified atom stereocenters. The minimum absolute atomic E-state index is 0.877. The molecule has 0 saturated carbocycles. The zero-order valence-electron chi connectivity index (χ0n) is 13.5. The summed E-state index contributed by atoms with van der Waals surface area (Å²) in [4.78, 5) is 14.4. The molecular weight excluding hydrogens is 272 g/mol. The quantitative estimate of drug-likeness (QED) is 0.853. The Balaban J connectivity index is 1.95. The molecule has 0 aliphatic carbocycles. The van der Waals surface area contributed by atoms with Crippen molar-refractivity contribution in [3.8, 4) is 0 Å². The first-order chi connectivity index (χ1) is 10.8. The zero-order chi connectivity index (χ0) is 15.4. The molecule has 0 saturated heterocycles. The van der Waals surface area contributed by atoms with Crippen LogP contribution in [0.2, 0.25) is 0 Å². The second-order valence-electron chi connectivity index (χ2n) is 5.85. The molecule has 22 heavy (non-hydrogen) atoms. The second kappa shape index (κ2) is 6.99. The van der Waals surface area contributed by atoms with Crippen molar-refractivity contribution in [2.24, 2.45) is 0 Å². The predicted octanol–water partition coefficient (Wildman–Crippen LogP) is 2.83. The maximum atomic E-state index is 4.84. The first kappa shape index (κ1) is 15.1.